The van der Waals surface area contributed by atoms with Crippen LogP contribution in [0.5, 0.6) is 0 Å². The molecule has 24 heavy (non-hydrogen) atoms. The van der Waals surface area contributed by atoms with E-state index in [0.29, 0.717) is 11.1 Å². The van der Waals surface area contributed by atoms with Gasteiger partial charge in [-0.05, 0) is 12.1 Å². The minimum absolute atomic E-state index is 0.0778. The lowest BCUT2D eigenvalue weighted by atomic mass is 10.1. The van der Waals surface area contributed by atoms with Gasteiger partial charge in [0.2, 0.25) is 5.76 Å². The normalized spacial score (nSPS) is 11.7. The Morgan fingerprint density at radius 3 is 2.04 bits per heavy atom. The van der Waals surface area contributed by atoms with E-state index in [2.05, 4.69) is 0 Å². The molecule has 2 rings (SSSR count). The summed E-state index contributed by atoms with van der Waals surface area (Å²) in [6.07, 6.45) is 0. The molecule has 0 fully saturated rings. The van der Waals surface area contributed by atoms with Gasteiger partial charge in [-0.3, -0.25) is 10.1 Å². The molecule has 0 aliphatic heterocycles. The highest BCUT2D eigenvalue weighted by Gasteiger charge is 2.24. The van der Waals surface area contributed by atoms with Crippen molar-refractivity contribution in [3.8, 4) is 0 Å². The van der Waals surface area contributed by atoms with Crippen LogP contribution in [-0.4, -0.2) is 36.5 Å². The van der Waals surface area contributed by atoms with Crippen molar-refractivity contribution < 1.29 is 19.5 Å². The third kappa shape index (κ3) is 4.91. The molecule has 0 saturated carbocycles. The number of hydrogen-bond acceptors (Lipinski definition) is 5. The summed E-state index contributed by atoms with van der Waals surface area (Å²) < 4.78 is 10.8. The third-order valence-corrected chi connectivity index (χ3v) is 3.19. The molecule has 126 valence electrons. The van der Waals surface area contributed by atoms with Crippen LogP contribution in [-0.2, 0) is 9.47 Å². The Balaban J connectivity index is 2.36. The molecule has 0 aromatic heterocycles. The smallest absolute Gasteiger partial charge is 0.318 e. The molecule has 0 saturated heterocycles. The van der Waals surface area contributed by atoms with E-state index in [1.807, 2.05) is 6.07 Å². The number of aliphatic hydroxyl groups is 1. The minimum Gasteiger partial charge on any atom is -0.484 e. The van der Waals surface area contributed by atoms with Crippen LogP contribution >= 0.6 is 0 Å². The fourth-order valence-electron chi connectivity index (χ4n) is 2.16. The Morgan fingerprint density at radius 1 is 0.917 bits per heavy atom. The summed E-state index contributed by atoms with van der Waals surface area (Å²) in [4.78, 5) is 11.2. The van der Waals surface area contributed by atoms with Gasteiger partial charge in [-0.25, -0.2) is 0 Å². The average Bonchev–Trinajstić information content (AvgIpc) is 2.62. The Bertz CT molecular complexity index is 670. The van der Waals surface area contributed by atoms with Gasteiger partial charge in [-0.1, -0.05) is 48.5 Å². The van der Waals surface area contributed by atoms with Gasteiger partial charge < -0.3 is 14.6 Å². The van der Waals surface area contributed by atoms with Gasteiger partial charge in [0.25, 0.3) is 0 Å². The standard InChI is InChI=1S/C18H19NO5/c20-11-12-23-13-14-24-18(16-9-5-2-6-10-16)17(19(21)22)15-7-3-1-4-8-15/h1-10,20H,11-14H2. The van der Waals surface area contributed by atoms with Crippen molar-refractivity contribution in [2.45, 2.75) is 0 Å². The first-order valence-electron chi connectivity index (χ1n) is 7.55. The highest BCUT2D eigenvalue weighted by molar-refractivity contribution is 5.83. The quantitative estimate of drug-likeness (QED) is 0.251. The fraction of sp³-hybridized carbons (Fsp3) is 0.222. The molecule has 0 aliphatic rings. The predicted molar refractivity (Wildman–Crippen MR) is 90.5 cm³/mol. The molecule has 6 nitrogen and oxygen atoms in total. The lowest BCUT2D eigenvalue weighted by Crippen LogP contribution is -2.10. The minimum atomic E-state index is -0.438. The monoisotopic (exact) mass is 329 g/mol. The van der Waals surface area contributed by atoms with Crippen molar-refractivity contribution in [3.05, 3.63) is 81.9 Å². The second kappa shape index (κ2) is 9.44. The van der Waals surface area contributed by atoms with Crippen LogP contribution in [0.4, 0.5) is 0 Å². The van der Waals surface area contributed by atoms with Crippen LogP contribution in [0.3, 0.4) is 0 Å². The van der Waals surface area contributed by atoms with Crippen LogP contribution in [0, 0.1) is 10.1 Å². The first-order chi connectivity index (χ1) is 11.7. The summed E-state index contributed by atoms with van der Waals surface area (Å²) in [7, 11) is 0. The number of nitro groups is 1. The zero-order valence-electron chi connectivity index (χ0n) is 13.1. The molecule has 0 heterocycles. The molecular formula is C18H19NO5. The fourth-order valence-corrected chi connectivity index (χ4v) is 2.16. The van der Waals surface area contributed by atoms with Crippen molar-refractivity contribution in [3.63, 3.8) is 0 Å². The van der Waals surface area contributed by atoms with E-state index in [1.54, 1.807) is 54.6 Å². The zero-order valence-corrected chi connectivity index (χ0v) is 13.1. The molecule has 0 amide bonds. The van der Waals surface area contributed by atoms with E-state index >= 15 is 0 Å². The van der Waals surface area contributed by atoms with Crippen LogP contribution in [0.25, 0.3) is 11.5 Å². The molecule has 6 heteroatoms. The van der Waals surface area contributed by atoms with Gasteiger partial charge >= 0.3 is 5.70 Å². The second-order valence-corrected chi connectivity index (χ2v) is 4.85. The Kier molecular flexibility index (Phi) is 6.94. The van der Waals surface area contributed by atoms with E-state index in [9.17, 15) is 10.1 Å². The van der Waals surface area contributed by atoms with Crippen LogP contribution in [0.15, 0.2) is 60.7 Å². The number of nitrogens with zero attached hydrogens (tertiary/aromatic N) is 1. The highest BCUT2D eigenvalue weighted by atomic mass is 16.6. The Hall–Kier alpha value is -2.70. The molecule has 0 unspecified atom stereocenters. The number of hydrogen-bond donors (Lipinski definition) is 1. The molecule has 0 bridgehead atoms. The molecule has 0 spiro atoms. The number of rotatable bonds is 9. The van der Waals surface area contributed by atoms with Crippen molar-refractivity contribution >= 4 is 11.5 Å². The molecule has 2 aromatic rings. The van der Waals surface area contributed by atoms with Crippen molar-refractivity contribution in [1.29, 1.82) is 0 Å². The topological polar surface area (TPSA) is 81.8 Å². The largest absolute Gasteiger partial charge is 0.484 e. The second-order valence-electron chi connectivity index (χ2n) is 4.85. The summed E-state index contributed by atoms with van der Waals surface area (Å²) in [5.41, 5.74) is 0.997. The lowest BCUT2D eigenvalue weighted by molar-refractivity contribution is -0.375. The summed E-state index contributed by atoms with van der Waals surface area (Å²) in [5.74, 6) is 0.194. The first-order valence-corrected chi connectivity index (χ1v) is 7.55. The average molecular weight is 329 g/mol. The zero-order chi connectivity index (χ0) is 17.2. The first kappa shape index (κ1) is 17.7. The number of ether oxygens (including phenoxy) is 2. The lowest BCUT2D eigenvalue weighted by Gasteiger charge is -2.12. The number of benzene rings is 2. The van der Waals surface area contributed by atoms with Crippen LogP contribution in [0.2, 0.25) is 0 Å². The van der Waals surface area contributed by atoms with Crippen LogP contribution < -0.4 is 0 Å². The van der Waals surface area contributed by atoms with E-state index in [-0.39, 0.29) is 37.9 Å². The molecule has 2 aromatic carbocycles. The summed E-state index contributed by atoms with van der Waals surface area (Å²) in [6.45, 7) is 0.505. The van der Waals surface area contributed by atoms with Crippen molar-refractivity contribution in [2.24, 2.45) is 0 Å². The summed E-state index contributed by atoms with van der Waals surface area (Å²) in [5, 5.41) is 20.4. The molecular weight excluding hydrogens is 310 g/mol. The van der Waals surface area contributed by atoms with Gasteiger partial charge in [0.15, 0.2) is 0 Å². The summed E-state index contributed by atoms with van der Waals surface area (Å²) in [6, 6.07) is 17.6. The molecule has 0 aliphatic carbocycles. The predicted octanol–water partition coefficient (Wildman–Crippen LogP) is 2.81. The van der Waals surface area contributed by atoms with Gasteiger partial charge in [0.1, 0.15) is 6.61 Å². The van der Waals surface area contributed by atoms with E-state index in [0.717, 1.165) is 0 Å². The maximum atomic E-state index is 11.7. The van der Waals surface area contributed by atoms with Gasteiger partial charge in [0, 0.05) is 5.56 Å². The van der Waals surface area contributed by atoms with Gasteiger partial charge in [0.05, 0.1) is 30.3 Å². The van der Waals surface area contributed by atoms with Crippen LogP contribution in [0.1, 0.15) is 11.1 Å². The van der Waals surface area contributed by atoms with Gasteiger partial charge in [-0.2, -0.15) is 0 Å². The third-order valence-electron chi connectivity index (χ3n) is 3.19. The molecule has 1 N–H and O–H groups in total. The van der Waals surface area contributed by atoms with Crippen molar-refractivity contribution in [2.75, 3.05) is 26.4 Å². The summed E-state index contributed by atoms with van der Waals surface area (Å²) >= 11 is 0. The number of aliphatic hydroxyl groups excluding tert-OH is 1. The Labute approximate surface area is 140 Å². The van der Waals surface area contributed by atoms with E-state index in [1.165, 1.54) is 0 Å². The maximum absolute atomic E-state index is 11.7. The molecule has 0 atom stereocenters. The van der Waals surface area contributed by atoms with Crippen molar-refractivity contribution in [1.82, 2.24) is 0 Å². The van der Waals surface area contributed by atoms with E-state index < -0.39 is 4.92 Å². The van der Waals surface area contributed by atoms with Gasteiger partial charge in [-0.15, -0.1) is 0 Å². The van der Waals surface area contributed by atoms with E-state index in [4.69, 9.17) is 14.6 Å². The Morgan fingerprint density at radius 2 is 1.50 bits per heavy atom. The highest BCUT2D eigenvalue weighted by Crippen LogP contribution is 2.27. The SMILES string of the molecule is O=[N+]([O-])C(=C(OCCOCCO)c1ccccc1)c1ccccc1. The molecule has 0 radical (unpaired) electrons. The maximum Gasteiger partial charge on any atom is 0.318 e.